The molecule has 0 saturated carbocycles. The molecule has 31 heavy (non-hydrogen) atoms. The average molecular weight is 438 g/mol. The van der Waals surface area contributed by atoms with Crippen LogP contribution in [0.2, 0.25) is 0 Å². The van der Waals surface area contributed by atoms with Crippen LogP contribution in [0.1, 0.15) is 25.5 Å². The summed E-state index contributed by atoms with van der Waals surface area (Å²) in [6.07, 6.45) is 0. The fourth-order valence-electron chi connectivity index (χ4n) is 4.32. The van der Waals surface area contributed by atoms with E-state index >= 15 is 0 Å². The van der Waals surface area contributed by atoms with E-state index < -0.39 is 10.0 Å². The third-order valence-corrected chi connectivity index (χ3v) is 7.70. The predicted molar refractivity (Wildman–Crippen MR) is 124 cm³/mol. The van der Waals surface area contributed by atoms with E-state index in [4.69, 9.17) is 0 Å². The standard InChI is InChI=1S/C24H27N3O3S/c1-3-26(4-2)21(18-10-6-5-7-11-18)16-25-23(28)17-27-20-14-8-12-19-13-9-15-22(24(19)20)31(27,29)30/h5-15,21H,3-4,16-17H2,1-2H3,(H,25,28). The first-order chi connectivity index (χ1) is 15.0. The number of hydrogen-bond donors (Lipinski definition) is 1. The summed E-state index contributed by atoms with van der Waals surface area (Å²) in [7, 11) is -3.75. The molecule has 1 unspecified atom stereocenters. The zero-order valence-electron chi connectivity index (χ0n) is 17.8. The van der Waals surface area contributed by atoms with Gasteiger partial charge in [0.25, 0.3) is 10.0 Å². The number of nitrogens with zero attached hydrogens (tertiary/aromatic N) is 2. The van der Waals surface area contributed by atoms with E-state index in [1.54, 1.807) is 18.2 Å². The van der Waals surface area contributed by atoms with Gasteiger partial charge in [-0.15, -0.1) is 0 Å². The molecule has 162 valence electrons. The first-order valence-electron chi connectivity index (χ1n) is 10.6. The largest absolute Gasteiger partial charge is 0.353 e. The van der Waals surface area contributed by atoms with Crippen LogP contribution in [0.3, 0.4) is 0 Å². The van der Waals surface area contributed by atoms with Crippen LogP contribution in [0.5, 0.6) is 0 Å². The first kappa shape index (κ1) is 21.3. The van der Waals surface area contributed by atoms with Crippen LogP contribution in [0.4, 0.5) is 5.69 Å². The summed E-state index contributed by atoms with van der Waals surface area (Å²) in [5, 5.41) is 4.50. The van der Waals surface area contributed by atoms with Gasteiger partial charge in [0.05, 0.1) is 16.6 Å². The first-order valence-corrected chi connectivity index (χ1v) is 12.0. The fourth-order valence-corrected chi connectivity index (χ4v) is 5.99. The number of likely N-dealkylation sites (N-methyl/N-ethyl adjacent to an activating group) is 1. The van der Waals surface area contributed by atoms with E-state index in [9.17, 15) is 13.2 Å². The maximum Gasteiger partial charge on any atom is 0.265 e. The highest BCUT2D eigenvalue weighted by Crippen LogP contribution is 2.41. The number of nitrogens with one attached hydrogen (secondary N) is 1. The number of amides is 1. The Kier molecular flexibility index (Phi) is 5.98. The van der Waals surface area contributed by atoms with Gasteiger partial charge in [0.15, 0.2) is 0 Å². The highest BCUT2D eigenvalue weighted by molar-refractivity contribution is 7.93. The van der Waals surface area contributed by atoms with Crippen LogP contribution < -0.4 is 9.62 Å². The molecule has 6 nitrogen and oxygen atoms in total. The van der Waals surface area contributed by atoms with Crippen molar-refractivity contribution in [1.82, 2.24) is 10.2 Å². The molecule has 1 aliphatic rings. The van der Waals surface area contributed by atoms with Crippen molar-refractivity contribution in [2.24, 2.45) is 0 Å². The van der Waals surface area contributed by atoms with E-state index in [1.165, 1.54) is 4.31 Å². The van der Waals surface area contributed by atoms with Crippen LogP contribution in [-0.4, -0.2) is 45.4 Å². The molecule has 0 saturated heterocycles. The Morgan fingerprint density at radius 1 is 0.968 bits per heavy atom. The second-order valence-corrected chi connectivity index (χ2v) is 9.43. The molecule has 0 radical (unpaired) electrons. The topological polar surface area (TPSA) is 69.7 Å². The predicted octanol–water partition coefficient (Wildman–Crippen LogP) is 3.55. The lowest BCUT2D eigenvalue weighted by Gasteiger charge is -2.30. The lowest BCUT2D eigenvalue weighted by Crippen LogP contribution is -2.43. The SMILES string of the molecule is CCN(CC)C(CNC(=O)CN1c2cccc3cccc(c23)S1(=O)=O)c1ccccc1. The Hall–Kier alpha value is -2.90. The smallest absolute Gasteiger partial charge is 0.265 e. The van der Waals surface area contributed by atoms with Crippen molar-refractivity contribution in [1.29, 1.82) is 0 Å². The maximum absolute atomic E-state index is 13.1. The molecular formula is C24H27N3O3S. The molecule has 3 aromatic rings. The van der Waals surface area contributed by atoms with E-state index in [0.29, 0.717) is 17.6 Å². The van der Waals surface area contributed by atoms with Crippen molar-refractivity contribution < 1.29 is 13.2 Å². The molecule has 0 aliphatic carbocycles. The van der Waals surface area contributed by atoms with E-state index in [2.05, 4.69) is 36.2 Å². The lowest BCUT2D eigenvalue weighted by molar-refractivity contribution is -0.119. The van der Waals surface area contributed by atoms with Gasteiger partial charge in [-0.3, -0.25) is 14.0 Å². The van der Waals surface area contributed by atoms with Gasteiger partial charge < -0.3 is 5.32 Å². The van der Waals surface area contributed by atoms with Crippen LogP contribution in [0.15, 0.2) is 71.6 Å². The van der Waals surface area contributed by atoms with E-state index in [-0.39, 0.29) is 23.4 Å². The normalized spacial score (nSPS) is 15.4. The molecule has 1 amide bonds. The second kappa shape index (κ2) is 8.69. The van der Waals surface area contributed by atoms with Gasteiger partial charge in [-0.05, 0) is 36.2 Å². The molecular weight excluding hydrogens is 410 g/mol. The van der Waals surface area contributed by atoms with Gasteiger partial charge >= 0.3 is 0 Å². The molecule has 1 atom stereocenters. The minimum Gasteiger partial charge on any atom is -0.353 e. The third-order valence-electron chi connectivity index (χ3n) is 5.90. The molecule has 7 heteroatoms. The third kappa shape index (κ3) is 3.91. The summed E-state index contributed by atoms with van der Waals surface area (Å²) in [5.41, 5.74) is 1.68. The maximum atomic E-state index is 13.1. The van der Waals surface area contributed by atoms with Gasteiger partial charge in [-0.1, -0.05) is 68.4 Å². The van der Waals surface area contributed by atoms with Gasteiger partial charge in [-0.2, -0.15) is 0 Å². The number of sulfonamides is 1. The van der Waals surface area contributed by atoms with E-state index in [0.717, 1.165) is 24.0 Å². The average Bonchev–Trinajstić information content (AvgIpc) is 3.00. The molecule has 1 N–H and O–H groups in total. The molecule has 0 fully saturated rings. The number of benzene rings is 3. The Balaban J connectivity index is 1.53. The van der Waals surface area contributed by atoms with Crippen molar-refractivity contribution >= 4 is 32.4 Å². The van der Waals surface area contributed by atoms with E-state index in [1.807, 2.05) is 36.4 Å². The number of carbonyl (C=O) groups is 1. The number of carbonyl (C=O) groups excluding carboxylic acids is 1. The van der Waals surface area contributed by atoms with Gasteiger partial charge in [0, 0.05) is 11.9 Å². The number of hydrogen-bond acceptors (Lipinski definition) is 4. The van der Waals surface area contributed by atoms with Gasteiger partial charge in [-0.25, -0.2) is 8.42 Å². The zero-order valence-corrected chi connectivity index (χ0v) is 18.6. The van der Waals surface area contributed by atoms with Crippen molar-refractivity contribution in [3.05, 3.63) is 72.3 Å². The monoisotopic (exact) mass is 437 g/mol. The number of rotatable bonds is 8. The summed E-state index contributed by atoms with van der Waals surface area (Å²) >= 11 is 0. The van der Waals surface area contributed by atoms with Crippen molar-refractivity contribution in [2.75, 3.05) is 30.5 Å². The molecule has 3 aromatic carbocycles. The fraction of sp³-hybridized carbons (Fsp3) is 0.292. The Morgan fingerprint density at radius 2 is 1.65 bits per heavy atom. The zero-order chi connectivity index (χ0) is 22.0. The molecule has 4 rings (SSSR count). The van der Waals surface area contributed by atoms with Crippen LogP contribution in [0.25, 0.3) is 10.8 Å². The van der Waals surface area contributed by atoms with Gasteiger partial charge in [0.1, 0.15) is 6.54 Å². The lowest BCUT2D eigenvalue weighted by atomic mass is 10.1. The van der Waals surface area contributed by atoms with Crippen molar-refractivity contribution in [2.45, 2.75) is 24.8 Å². The minimum absolute atomic E-state index is 0.0240. The summed E-state index contributed by atoms with van der Waals surface area (Å²) in [6.45, 7) is 6.06. The molecule has 0 aromatic heterocycles. The highest BCUT2D eigenvalue weighted by Gasteiger charge is 2.36. The van der Waals surface area contributed by atoms with Crippen LogP contribution >= 0.6 is 0 Å². The van der Waals surface area contributed by atoms with Crippen molar-refractivity contribution in [3.8, 4) is 0 Å². The van der Waals surface area contributed by atoms with Crippen molar-refractivity contribution in [3.63, 3.8) is 0 Å². The summed E-state index contributed by atoms with van der Waals surface area (Å²) in [4.78, 5) is 15.4. The number of anilines is 1. The summed E-state index contributed by atoms with van der Waals surface area (Å²) < 4.78 is 27.4. The quantitative estimate of drug-likeness (QED) is 0.585. The molecule has 0 bridgehead atoms. The Bertz CT molecular complexity index is 1190. The van der Waals surface area contributed by atoms with Crippen LogP contribution in [0, 0.1) is 0 Å². The second-order valence-electron chi connectivity index (χ2n) is 7.59. The molecule has 1 heterocycles. The summed E-state index contributed by atoms with van der Waals surface area (Å²) in [5.74, 6) is -0.318. The summed E-state index contributed by atoms with van der Waals surface area (Å²) in [6, 6.07) is 20.8. The Labute approximate surface area is 183 Å². The Morgan fingerprint density at radius 3 is 2.32 bits per heavy atom. The highest BCUT2D eigenvalue weighted by atomic mass is 32.2. The molecule has 0 spiro atoms. The molecule has 1 aliphatic heterocycles. The van der Waals surface area contributed by atoms with Crippen LogP contribution in [-0.2, 0) is 14.8 Å². The van der Waals surface area contributed by atoms with Gasteiger partial charge in [0.2, 0.25) is 5.91 Å². The minimum atomic E-state index is -3.75.